The second-order valence-electron chi connectivity index (χ2n) is 9.01. The van der Waals surface area contributed by atoms with Crippen LogP contribution in [0.15, 0.2) is 24.5 Å². The van der Waals surface area contributed by atoms with E-state index in [0.29, 0.717) is 37.0 Å². The van der Waals surface area contributed by atoms with E-state index in [1.54, 1.807) is 35.5 Å². The first-order valence-electron chi connectivity index (χ1n) is 11.4. The number of nitrogens with one attached hydrogen (secondary N) is 1. The Bertz CT molecular complexity index is 1150. The minimum absolute atomic E-state index is 0.190. The van der Waals surface area contributed by atoms with Crippen LogP contribution in [0.1, 0.15) is 39.7 Å². The van der Waals surface area contributed by atoms with Crippen LogP contribution in [-0.4, -0.2) is 76.1 Å². The largest absolute Gasteiger partial charge is 0.379 e. The number of aryl methyl sites for hydroxylation is 2. The zero-order valence-corrected chi connectivity index (χ0v) is 21.2. The lowest BCUT2D eigenvalue weighted by atomic mass is 10.0. The van der Waals surface area contributed by atoms with Gasteiger partial charge in [-0.3, -0.25) is 9.69 Å². The summed E-state index contributed by atoms with van der Waals surface area (Å²) in [5.74, 6) is 0.209. The van der Waals surface area contributed by atoms with Crippen LogP contribution in [0.25, 0.3) is 17.2 Å². The first-order chi connectivity index (χ1) is 16.3. The van der Waals surface area contributed by atoms with Crippen LogP contribution in [0.3, 0.4) is 0 Å². The van der Waals surface area contributed by atoms with E-state index in [1.807, 2.05) is 6.07 Å². The third-order valence-corrected chi connectivity index (χ3v) is 7.06. The highest BCUT2D eigenvalue weighted by Crippen LogP contribution is 2.29. The summed E-state index contributed by atoms with van der Waals surface area (Å²) in [5.41, 5.74) is 2.78. The molecule has 0 radical (unpaired) electrons. The smallest absolute Gasteiger partial charge is 0.254 e. The molecule has 0 aliphatic carbocycles. The summed E-state index contributed by atoms with van der Waals surface area (Å²) in [4.78, 5) is 27.1. The van der Waals surface area contributed by atoms with E-state index < -0.39 is 0 Å². The number of methoxy groups -OCH3 is 1. The molecule has 0 spiro atoms. The van der Waals surface area contributed by atoms with Gasteiger partial charge in [-0.25, -0.2) is 9.97 Å². The normalized spacial score (nSPS) is 15.0. The van der Waals surface area contributed by atoms with Crippen molar-refractivity contribution in [1.29, 1.82) is 0 Å². The predicted octanol–water partition coefficient (Wildman–Crippen LogP) is 2.99. The predicted molar refractivity (Wildman–Crippen MR) is 131 cm³/mol. The topological polar surface area (TPSA) is 94.4 Å². The number of thiophene rings is 1. The first kappa shape index (κ1) is 24.5. The Balaban J connectivity index is 1.57. The molecule has 34 heavy (non-hydrogen) atoms. The van der Waals surface area contributed by atoms with E-state index in [9.17, 15) is 4.79 Å². The lowest BCUT2D eigenvalue weighted by Crippen LogP contribution is -2.55. The number of ether oxygens (including phenoxy) is 2. The van der Waals surface area contributed by atoms with E-state index in [1.165, 1.54) is 9.75 Å². The molecule has 182 valence electrons. The number of carbonyl (C=O) groups excluding carboxylic acids is 1. The second-order valence-corrected chi connectivity index (χ2v) is 10.5. The van der Waals surface area contributed by atoms with E-state index in [4.69, 9.17) is 14.5 Å². The maximum absolute atomic E-state index is 13.1. The van der Waals surface area contributed by atoms with Crippen LogP contribution in [0.5, 0.6) is 0 Å². The fraction of sp³-hybridized carbons (Fsp3) is 0.500. The van der Waals surface area contributed by atoms with Gasteiger partial charge in [0.05, 0.1) is 43.0 Å². The fourth-order valence-corrected chi connectivity index (χ4v) is 5.10. The van der Waals surface area contributed by atoms with Crippen LogP contribution < -0.4 is 5.32 Å². The quantitative estimate of drug-likeness (QED) is 0.525. The first-order valence-corrected chi connectivity index (χ1v) is 12.2. The fourth-order valence-electron chi connectivity index (χ4n) is 4.17. The molecule has 4 heterocycles. The Morgan fingerprint density at radius 2 is 2.06 bits per heavy atom. The van der Waals surface area contributed by atoms with Gasteiger partial charge in [0.15, 0.2) is 0 Å². The van der Waals surface area contributed by atoms with Gasteiger partial charge in [-0.1, -0.05) is 0 Å². The molecule has 1 aliphatic rings. The molecule has 9 nitrogen and oxygen atoms in total. The Labute approximate surface area is 204 Å². The van der Waals surface area contributed by atoms with Gasteiger partial charge in [0.1, 0.15) is 0 Å². The van der Waals surface area contributed by atoms with Crippen LogP contribution in [0, 0.1) is 13.8 Å². The number of aromatic nitrogens is 4. The monoisotopic (exact) mass is 484 g/mol. The summed E-state index contributed by atoms with van der Waals surface area (Å²) < 4.78 is 12.4. The molecule has 4 rings (SSSR count). The third kappa shape index (κ3) is 5.20. The Morgan fingerprint density at radius 1 is 1.29 bits per heavy atom. The summed E-state index contributed by atoms with van der Waals surface area (Å²) >= 11 is 1.74. The van der Waals surface area contributed by atoms with Gasteiger partial charge in [0.25, 0.3) is 11.9 Å². The molecular weight excluding hydrogens is 452 g/mol. The molecule has 0 unspecified atom stereocenters. The summed E-state index contributed by atoms with van der Waals surface area (Å²) in [7, 11) is 1.59. The number of hydrogen-bond acceptors (Lipinski definition) is 8. The van der Waals surface area contributed by atoms with Gasteiger partial charge in [0, 0.05) is 53.8 Å². The number of morpholine rings is 1. The number of nitrogens with zero attached hydrogens (tertiary/aromatic N) is 5. The molecular formula is C24H32N6O3S. The summed E-state index contributed by atoms with van der Waals surface area (Å²) in [6.45, 7) is 12.3. The average molecular weight is 485 g/mol. The maximum Gasteiger partial charge on any atom is 0.254 e. The number of rotatable bonds is 8. The minimum Gasteiger partial charge on any atom is -0.379 e. The van der Waals surface area contributed by atoms with E-state index in [2.05, 4.69) is 54.1 Å². The van der Waals surface area contributed by atoms with Crippen LogP contribution in [0.4, 0.5) is 0 Å². The Morgan fingerprint density at radius 3 is 2.74 bits per heavy atom. The molecule has 10 heteroatoms. The molecule has 3 aromatic rings. The lowest BCUT2D eigenvalue weighted by molar-refractivity contribution is -0.00924. The van der Waals surface area contributed by atoms with Gasteiger partial charge >= 0.3 is 0 Å². The van der Waals surface area contributed by atoms with Crippen molar-refractivity contribution in [2.75, 3.05) is 40.0 Å². The summed E-state index contributed by atoms with van der Waals surface area (Å²) in [5, 5.41) is 7.53. The second kappa shape index (κ2) is 10.3. The number of carbonyl (C=O) groups is 1. The van der Waals surface area contributed by atoms with Crippen molar-refractivity contribution in [3.8, 4) is 17.2 Å². The van der Waals surface area contributed by atoms with E-state index in [-0.39, 0.29) is 18.1 Å². The molecule has 1 fully saturated rings. The zero-order valence-electron chi connectivity index (χ0n) is 20.4. The lowest BCUT2D eigenvalue weighted by Gasteiger charge is -2.40. The number of amides is 1. The molecule has 0 bridgehead atoms. The van der Waals surface area contributed by atoms with Gasteiger partial charge in [-0.05, 0) is 39.8 Å². The molecule has 0 atom stereocenters. The van der Waals surface area contributed by atoms with Gasteiger partial charge in [-0.15, -0.1) is 11.3 Å². The Hall–Kier alpha value is -2.66. The molecule has 0 saturated carbocycles. The maximum atomic E-state index is 13.1. The van der Waals surface area contributed by atoms with Crippen LogP contribution in [-0.2, 0) is 16.1 Å². The van der Waals surface area contributed by atoms with Gasteiger partial charge in [-0.2, -0.15) is 9.78 Å². The molecule has 1 saturated heterocycles. The van der Waals surface area contributed by atoms with E-state index in [0.717, 1.165) is 24.3 Å². The highest BCUT2D eigenvalue weighted by Gasteiger charge is 2.29. The van der Waals surface area contributed by atoms with Gasteiger partial charge < -0.3 is 14.8 Å². The van der Waals surface area contributed by atoms with Crippen molar-refractivity contribution >= 4 is 17.2 Å². The highest BCUT2D eigenvalue weighted by atomic mass is 32.1. The van der Waals surface area contributed by atoms with Gasteiger partial charge in [0.2, 0.25) is 0 Å². The average Bonchev–Trinajstić information content (AvgIpc) is 3.41. The van der Waals surface area contributed by atoms with Crippen molar-refractivity contribution in [1.82, 2.24) is 30.0 Å². The van der Waals surface area contributed by atoms with Crippen LogP contribution in [0.2, 0.25) is 0 Å². The third-order valence-electron chi connectivity index (χ3n) is 6.09. The van der Waals surface area contributed by atoms with Crippen molar-refractivity contribution in [3.63, 3.8) is 0 Å². The molecule has 3 aromatic heterocycles. The van der Waals surface area contributed by atoms with Crippen molar-refractivity contribution in [2.45, 2.75) is 39.8 Å². The number of hydrogen-bond donors (Lipinski definition) is 1. The minimum atomic E-state index is -0.194. The standard InChI is InChI=1S/C24H32N6O3S/c1-16-12-18(17(2)34-16)20-6-7-25-23(28-20)30-21(14-32-5)19(13-27-30)22(31)26-15-24(3,4)29-8-10-33-11-9-29/h6-7,12-13H,8-11,14-15H2,1-5H3,(H,26,31). The Kier molecular flexibility index (Phi) is 7.42. The summed E-state index contributed by atoms with van der Waals surface area (Å²) in [6, 6.07) is 4.01. The van der Waals surface area contributed by atoms with E-state index >= 15 is 0 Å². The molecule has 1 amide bonds. The van der Waals surface area contributed by atoms with Crippen LogP contribution >= 0.6 is 11.3 Å². The van der Waals surface area contributed by atoms with Crippen molar-refractivity contribution in [2.24, 2.45) is 0 Å². The highest BCUT2D eigenvalue weighted by molar-refractivity contribution is 7.12. The summed E-state index contributed by atoms with van der Waals surface area (Å²) in [6.07, 6.45) is 3.27. The van der Waals surface area contributed by atoms with Crippen molar-refractivity contribution in [3.05, 3.63) is 45.5 Å². The molecule has 0 aromatic carbocycles. The molecule has 1 aliphatic heterocycles. The molecule has 1 N–H and O–H groups in total. The SMILES string of the molecule is COCc1c(C(=O)NCC(C)(C)N2CCOCC2)cnn1-c1nccc(-c2cc(C)sc2C)n1. The van der Waals surface area contributed by atoms with Crippen molar-refractivity contribution < 1.29 is 14.3 Å². The zero-order chi connectivity index (χ0) is 24.3.